The molecule has 0 bridgehead atoms. The van der Waals surface area contributed by atoms with E-state index in [9.17, 15) is 4.79 Å². The second-order valence-corrected chi connectivity index (χ2v) is 7.63. The predicted octanol–water partition coefficient (Wildman–Crippen LogP) is 6.54. The van der Waals surface area contributed by atoms with Crippen molar-refractivity contribution in [3.63, 3.8) is 0 Å². The fourth-order valence-electron chi connectivity index (χ4n) is 2.95. The van der Waals surface area contributed by atoms with E-state index in [1.165, 1.54) is 6.92 Å². The number of anilines is 2. The zero-order valence-corrected chi connectivity index (χ0v) is 18.9. The van der Waals surface area contributed by atoms with Crippen molar-refractivity contribution in [3.8, 4) is 11.5 Å². The van der Waals surface area contributed by atoms with E-state index in [2.05, 4.69) is 10.6 Å². The van der Waals surface area contributed by atoms with Gasteiger partial charge in [0.05, 0.1) is 6.61 Å². The van der Waals surface area contributed by atoms with Gasteiger partial charge in [-0.15, -0.1) is 0 Å². The predicted molar refractivity (Wildman–Crippen MR) is 126 cm³/mol. The Labute approximate surface area is 192 Å². The van der Waals surface area contributed by atoms with Gasteiger partial charge < -0.3 is 20.1 Å². The summed E-state index contributed by atoms with van der Waals surface area (Å²) in [6, 6.07) is 18.7. The molecule has 7 heteroatoms. The van der Waals surface area contributed by atoms with Gasteiger partial charge >= 0.3 is 0 Å². The van der Waals surface area contributed by atoms with Crippen LogP contribution >= 0.6 is 23.2 Å². The molecule has 0 unspecified atom stereocenters. The van der Waals surface area contributed by atoms with Crippen molar-refractivity contribution >= 4 is 40.5 Å². The molecule has 3 rings (SSSR count). The van der Waals surface area contributed by atoms with Gasteiger partial charge in [-0.05, 0) is 61.0 Å². The Kier molecular flexibility index (Phi) is 8.04. The minimum absolute atomic E-state index is 0.0942. The van der Waals surface area contributed by atoms with E-state index >= 15 is 0 Å². The van der Waals surface area contributed by atoms with Gasteiger partial charge in [0.2, 0.25) is 5.91 Å². The maximum atomic E-state index is 11.1. The molecule has 0 fully saturated rings. The molecule has 0 saturated heterocycles. The average Bonchev–Trinajstić information content (AvgIpc) is 2.74. The number of rotatable bonds is 9. The van der Waals surface area contributed by atoms with Crippen LogP contribution in [0.2, 0.25) is 10.0 Å². The summed E-state index contributed by atoms with van der Waals surface area (Å²) in [5.74, 6) is 1.19. The van der Waals surface area contributed by atoms with E-state index in [-0.39, 0.29) is 12.5 Å². The maximum absolute atomic E-state index is 11.1. The van der Waals surface area contributed by atoms with Gasteiger partial charge in [0.15, 0.2) is 11.5 Å². The number of amides is 1. The lowest BCUT2D eigenvalue weighted by Gasteiger charge is -2.15. The highest BCUT2D eigenvalue weighted by atomic mass is 35.5. The molecule has 0 aliphatic rings. The number of ether oxygens (including phenoxy) is 2. The van der Waals surface area contributed by atoms with E-state index in [0.29, 0.717) is 34.7 Å². The van der Waals surface area contributed by atoms with E-state index < -0.39 is 0 Å². The van der Waals surface area contributed by atoms with Gasteiger partial charge in [0, 0.05) is 40.5 Å². The van der Waals surface area contributed by atoms with E-state index in [4.69, 9.17) is 32.7 Å². The minimum atomic E-state index is -0.0942. The summed E-state index contributed by atoms with van der Waals surface area (Å²) < 4.78 is 11.7. The van der Waals surface area contributed by atoms with Gasteiger partial charge in [-0.1, -0.05) is 35.3 Å². The molecule has 0 aliphatic heterocycles. The third-order valence-electron chi connectivity index (χ3n) is 4.44. The molecule has 0 atom stereocenters. The van der Waals surface area contributed by atoms with Gasteiger partial charge in [-0.2, -0.15) is 0 Å². The highest BCUT2D eigenvalue weighted by Crippen LogP contribution is 2.32. The molecule has 31 heavy (non-hydrogen) atoms. The zero-order valence-electron chi connectivity index (χ0n) is 17.4. The summed E-state index contributed by atoms with van der Waals surface area (Å²) in [7, 11) is 0. The molecule has 2 N–H and O–H groups in total. The van der Waals surface area contributed by atoms with Crippen LogP contribution in [-0.4, -0.2) is 12.5 Å². The van der Waals surface area contributed by atoms with Gasteiger partial charge in [-0.25, -0.2) is 0 Å². The summed E-state index contributed by atoms with van der Waals surface area (Å²) in [6.45, 7) is 4.78. The summed E-state index contributed by atoms with van der Waals surface area (Å²) in [5, 5.41) is 7.24. The van der Waals surface area contributed by atoms with Crippen LogP contribution in [0, 0.1) is 0 Å². The van der Waals surface area contributed by atoms with Crippen LogP contribution in [-0.2, 0) is 17.9 Å². The summed E-state index contributed by atoms with van der Waals surface area (Å²) in [6.07, 6.45) is 0. The Balaban J connectivity index is 1.66. The van der Waals surface area contributed by atoms with Crippen LogP contribution in [0.3, 0.4) is 0 Å². The second kappa shape index (κ2) is 10.9. The Morgan fingerprint density at radius 2 is 1.58 bits per heavy atom. The number of carbonyl (C=O) groups excluding carboxylic acids is 1. The van der Waals surface area contributed by atoms with Crippen molar-refractivity contribution in [1.29, 1.82) is 0 Å². The molecule has 3 aromatic rings. The Morgan fingerprint density at radius 1 is 0.903 bits per heavy atom. The van der Waals surface area contributed by atoms with Gasteiger partial charge in [0.1, 0.15) is 6.61 Å². The third-order valence-corrected chi connectivity index (χ3v) is 5.15. The quantitative estimate of drug-likeness (QED) is 0.381. The molecule has 0 radical (unpaired) electrons. The fourth-order valence-corrected chi connectivity index (χ4v) is 3.46. The fraction of sp³-hybridized carbons (Fsp3) is 0.208. The van der Waals surface area contributed by atoms with Crippen LogP contribution in [0.5, 0.6) is 11.5 Å². The van der Waals surface area contributed by atoms with E-state index in [0.717, 1.165) is 22.5 Å². The first-order chi connectivity index (χ1) is 15.0. The van der Waals surface area contributed by atoms with Crippen molar-refractivity contribution in [2.75, 3.05) is 17.2 Å². The van der Waals surface area contributed by atoms with Crippen molar-refractivity contribution in [1.82, 2.24) is 0 Å². The Bertz CT molecular complexity index is 1020. The van der Waals surface area contributed by atoms with E-state index in [1.54, 1.807) is 18.2 Å². The van der Waals surface area contributed by atoms with Crippen LogP contribution in [0.15, 0.2) is 60.7 Å². The van der Waals surface area contributed by atoms with Crippen LogP contribution in [0.25, 0.3) is 0 Å². The Morgan fingerprint density at radius 3 is 2.23 bits per heavy atom. The lowest BCUT2D eigenvalue weighted by molar-refractivity contribution is -0.114. The molecule has 0 aliphatic carbocycles. The standard InChI is InChI=1S/C24H24Cl2N2O3/c1-3-30-24-13-17(14-27-18-8-10-19(11-9-18)28-16(2)29)7-12-23(24)31-15-20-21(25)5-4-6-22(20)26/h4-13,27H,3,14-15H2,1-2H3,(H,28,29). The number of hydrogen-bond acceptors (Lipinski definition) is 4. The van der Waals surface area contributed by atoms with Crippen LogP contribution in [0.4, 0.5) is 11.4 Å². The average molecular weight is 459 g/mol. The number of carbonyl (C=O) groups is 1. The van der Waals surface area contributed by atoms with Gasteiger partial charge in [0.25, 0.3) is 0 Å². The number of nitrogens with one attached hydrogen (secondary N) is 2. The molecule has 0 spiro atoms. The van der Waals surface area contributed by atoms with Crippen molar-refractivity contribution in [2.45, 2.75) is 27.0 Å². The van der Waals surface area contributed by atoms with E-state index in [1.807, 2.05) is 49.4 Å². The first-order valence-corrected chi connectivity index (χ1v) is 10.6. The maximum Gasteiger partial charge on any atom is 0.221 e. The monoisotopic (exact) mass is 458 g/mol. The highest BCUT2D eigenvalue weighted by Gasteiger charge is 2.11. The summed E-state index contributed by atoms with van der Waals surface area (Å²) in [4.78, 5) is 11.1. The summed E-state index contributed by atoms with van der Waals surface area (Å²) in [5.41, 5.74) is 3.48. The molecule has 1 amide bonds. The molecular weight excluding hydrogens is 435 g/mol. The molecule has 162 valence electrons. The normalized spacial score (nSPS) is 10.5. The molecule has 5 nitrogen and oxygen atoms in total. The number of hydrogen-bond donors (Lipinski definition) is 2. The molecule has 0 aromatic heterocycles. The Hall–Kier alpha value is -2.89. The topological polar surface area (TPSA) is 59.6 Å². The van der Waals surface area contributed by atoms with Crippen molar-refractivity contribution in [3.05, 3.63) is 81.8 Å². The molecular formula is C24H24Cl2N2O3. The summed E-state index contributed by atoms with van der Waals surface area (Å²) >= 11 is 12.5. The lowest BCUT2D eigenvalue weighted by atomic mass is 10.2. The number of benzene rings is 3. The lowest BCUT2D eigenvalue weighted by Crippen LogP contribution is -2.06. The smallest absolute Gasteiger partial charge is 0.221 e. The SMILES string of the molecule is CCOc1cc(CNc2ccc(NC(C)=O)cc2)ccc1OCc1c(Cl)cccc1Cl. The van der Waals surface area contributed by atoms with Crippen molar-refractivity contribution < 1.29 is 14.3 Å². The molecule has 0 saturated carbocycles. The molecule has 3 aromatic carbocycles. The van der Waals surface area contributed by atoms with Crippen LogP contribution in [0.1, 0.15) is 25.0 Å². The van der Waals surface area contributed by atoms with Crippen LogP contribution < -0.4 is 20.1 Å². The second-order valence-electron chi connectivity index (χ2n) is 6.82. The zero-order chi connectivity index (χ0) is 22.2. The first kappa shape index (κ1) is 22.8. The minimum Gasteiger partial charge on any atom is -0.490 e. The first-order valence-electron chi connectivity index (χ1n) is 9.89. The number of halogens is 2. The molecule has 0 heterocycles. The third kappa shape index (κ3) is 6.54. The van der Waals surface area contributed by atoms with Crippen molar-refractivity contribution in [2.24, 2.45) is 0 Å². The highest BCUT2D eigenvalue weighted by molar-refractivity contribution is 6.35. The van der Waals surface area contributed by atoms with Gasteiger partial charge in [-0.3, -0.25) is 4.79 Å². The largest absolute Gasteiger partial charge is 0.490 e.